The van der Waals surface area contributed by atoms with Gasteiger partial charge in [-0.25, -0.2) is 4.99 Å². The van der Waals surface area contributed by atoms with Crippen molar-refractivity contribution in [2.75, 3.05) is 0 Å². The summed E-state index contributed by atoms with van der Waals surface area (Å²) < 4.78 is 0.645. The first kappa shape index (κ1) is 17.1. The second kappa shape index (κ2) is 5.86. The molecule has 0 unspecified atom stereocenters. The Balaban J connectivity index is 1.99. The molecule has 0 fully saturated rings. The minimum absolute atomic E-state index is 0.0657. The molecule has 2 aromatic carbocycles. The fraction of sp³-hybridized carbons (Fsp3) is 0.0588. The lowest BCUT2D eigenvalue weighted by atomic mass is 10.1. The number of ketones is 1. The van der Waals surface area contributed by atoms with Crippen molar-refractivity contribution in [3.63, 3.8) is 0 Å². The minimum Gasteiger partial charge on any atom is -0.506 e. The van der Waals surface area contributed by atoms with Gasteiger partial charge in [-0.05, 0) is 30.7 Å². The van der Waals surface area contributed by atoms with Crippen molar-refractivity contribution in [2.24, 2.45) is 4.99 Å². The first-order chi connectivity index (χ1) is 11.8. The summed E-state index contributed by atoms with van der Waals surface area (Å²) in [4.78, 5) is 17.4. The van der Waals surface area contributed by atoms with E-state index in [-0.39, 0.29) is 22.3 Å². The van der Waals surface area contributed by atoms with Crippen LogP contribution in [0, 0.1) is 6.92 Å². The zero-order chi connectivity index (χ0) is 18.0. The number of hydrogen-bond acceptors (Lipinski definition) is 4. The van der Waals surface area contributed by atoms with Crippen molar-refractivity contribution in [1.82, 2.24) is 0 Å². The van der Waals surface area contributed by atoms with Gasteiger partial charge in [0.1, 0.15) is 11.5 Å². The van der Waals surface area contributed by atoms with E-state index in [0.717, 1.165) is 0 Å². The van der Waals surface area contributed by atoms with Crippen molar-refractivity contribution in [2.45, 2.75) is 6.92 Å². The van der Waals surface area contributed by atoms with Crippen LogP contribution in [-0.2, 0) is 0 Å². The van der Waals surface area contributed by atoms with Gasteiger partial charge in [0.25, 0.3) is 0 Å². The first-order valence-corrected chi connectivity index (χ1v) is 9.36. The van der Waals surface area contributed by atoms with Gasteiger partial charge in [-0.3, -0.25) is 4.79 Å². The number of carbonyl (C=O) groups is 1. The maximum absolute atomic E-state index is 12.7. The summed E-state index contributed by atoms with van der Waals surface area (Å²) in [5, 5.41) is 12.6. The van der Waals surface area contributed by atoms with Crippen LogP contribution in [0.1, 0.15) is 20.8 Å². The van der Waals surface area contributed by atoms with Crippen LogP contribution in [0.5, 0.6) is 5.75 Å². The topological polar surface area (TPSA) is 49.7 Å². The lowest BCUT2D eigenvalue weighted by molar-refractivity contribution is 0.107. The van der Waals surface area contributed by atoms with E-state index >= 15 is 0 Å². The van der Waals surface area contributed by atoms with Crippen LogP contribution in [0.4, 0.5) is 5.69 Å². The fourth-order valence-corrected chi connectivity index (χ4v) is 4.86. The smallest absolute Gasteiger partial charge is 0.215 e. The lowest BCUT2D eigenvalue weighted by Crippen LogP contribution is -2.09. The quantitative estimate of drug-likeness (QED) is 0.459. The van der Waals surface area contributed by atoms with Crippen LogP contribution in [0.3, 0.4) is 0 Å². The summed E-state index contributed by atoms with van der Waals surface area (Å²) in [6, 6.07) is 4.73. The number of benzene rings is 2. The second-order valence-corrected chi connectivity index (χ2v) is 8.12. The SMILES string of the molecule is Cc1c(Cl)cc(Cl)c2sc(C3=Nc4c(ccc(Cl)c4Cl)C3=O)c(O)c12. The fourth-order valence-electron chi connectivity index (χ4n) is 2.78. The van der Waals surface area contributed by atoms with E-state index in [1.165, 1.54) is 11.3 Å². The Morgan fingerprint density at radius 3 is 2.52 bits per heavy atom. The molecule has 25 heavy (non-hydrogen) atoms. The molecular weight excluding hydrogens is 424 g/mol. The Morgan fingerprint density at radius 1 is 1.08 bits per heavy atom. The molecule has 0 spiro atoms. The summed E-state index contributed by atoms with van der Waals surface area (Å²) in [6.07, 6.45) is 0. The second-order valence-electron chi connectivity index (χ2n) is 5.50. The third-order valence-electron chi connectivity index (χ3n) is 4.05. The number of aryl methyl sites for hydroxylation is 1. The molecule has 0 atom stereocenters. The molecule has 1 N–H and O–H groups in total. The number of hydrogen-bond donors (Lipinski definition) is 1. The number of Topliss-reactive ketones (excluding diaryl/α,β-unsaturated/α-hetero) is 1. The predicted molar refractivity (Wildman–Crippen MR) is 105 cm³/mol. The number of aliphatic imine (C=N–C) groups is 1. The van der Waals surface area contributed by atoms with E-state index in [2.05, 4.69) is 4.99 Å². The van der Waals surface area contributed by atoms with Crippen LogP contribution in [0.15, 0.2) is 23.2 Å². The first-order valence-electron chi connectivity index (χ1n) is 7.03. The van der Waals surface area contributed by atoms with Gasteiger partial charge < -0.3 is 5.11 Å². The van der Waals surface area contributed by atoms with Gasteiger partial charge in [0.15, 0.2) is 0 Å². The van der Waals surface area contributed by atoms with E-state index in [4.69, 9.17) is 46.4 Å². The molecule has 0 saturated heterocycles. The van der Waals surface area contributed by atoms with Crippen LogP contribution >= 0.6 is 57.7 Å². The number of thiophene rings is 1. The maximum atomic E-state index is 12.7. The molecule has 126 valence electrons. The van der Waals surface area contributed by atoms with Crippen molar-refractivity contribution in [1.29, 1.82) is 0 Å². The monoisotopic (exact) mass is 429 g/mol. The Bertz CT molecular complexity index is 1130. The maximum Gasteiger partial charge on any atom is 0.215 e. The summed E-state index contributed by atoms with van der Waals surface area (Å²) in [7, 11) is 0. The minimum atomic E-state index is -0.324. The molecule has 0 saturated carbocycles. The van der Waals surface area contributed by atoms with Crippen molar-refractivity contribution >= 4 is 85.0 Å². The Kier molecular flexibility index (Phi) is 4.02. The highest BCUT2D eigenvalue weighted by Crippen LogP contribution is 2.47. The third kappa shape index (κ3) is 2.40. The van der Waals surface area contributed by atoms with Gasteiger partial charge in [0.2, 0.25) is 5.78 Å². The van der Waals surface area contributed by atoms with Crippen molar-refractivity contribution < 1.29 is 9.90 Å². The Hall–Kier alpha value is -1.30. The zero-order valence-electron chi connectivity index (χ0n) is 12.5. The number of carbonyl (C=O) groups excluding carboxylic acids is 1. The Labute approximate surface area is 166 Å². The molecule has 1 aromatic heterocycles. The molecule has 0 aliphatic carbocycles. The summed E-state index contributed by atoms with van der Waals surface area (Å²) in [6.45, 7) is 1.78. The van der Waals surface area contributed by atoms with Gasteiger partial charge in [-0.1, -0.05) is 46.4 Å². The van der Waals surface area contributed by atoms with Gasteiger partial charge >= 0.3 is 0 Å². The number of nitrogens with zero attached hydrogens (tertiary/aromatic N) is 1. The molecule has 0 radical (unpaired) electrons. The highest BCUT2D eigenvalue weighted by Gasteiger charge is 2.32. The molecule has 3 nitrogen and oxygen atoms in total. The Morgan fingerprint density at radius 2 is 1.80 bits per heavy atom. The van der Waals surface area contributed by atoms with Gasteiger partial charge in [-0.2, -0.15) is 0 Å². The predicted octanol–water partition coefficient (Wildman–Crippen LogP) is 6.85. The number of aromatic hydroxyl groups is 1. The van der Waals surface area contributed by atoms with E-state index in [0.29, 0.717) is 46.8 Å². The zero-order valence-corrected chi connectivity index (χ0v) is 16.3. The highest BCUT2D eigenvalue weighted by atomic mass is 35.5. The summed E-state index contributed by atoms with van der Waals surface area (Å²) in [5.74, 6) is -0.390. The largest absolute Gasteiger partial charge is 0.506 e. The average molecular weight is 431 g/mol. The lowest BCUT2D eigenvalue weighted by Gasteiger charge is -2.02. The van der Waals surface area contributed by atoms with E-state index in [9.17, 15) is 9.90 Å². The van der Waals surface area contributed by atoms with Crippen LogP contribution in [0.25, 0.3) is 10.1 Å². The van der Waals surface area contributed by atoms with Gasteiger partial charge in [0, 0.05) is 10.4 Å². The summed E-state index contributed by atoms with van der Waals surface area (Å²) in [5.41, 5.74) is 1.46. The normalized spacial score (nSPS) is 13.5. The van der Waals surface area contributed by atoms with Crippen molar-refractivity contribution in [3.05, 3.63) is 54.3 Å². The number of halogens is 4. The van der Waals surface area contributed by atoms with E-state index in [1.54, 1.807) is 25.1 Å². The van der Waals surface area contributed by atoms with Crippen LogP contribution in [-0.4, -0.2) is 16.6 Å². The molecule has 4 rings (SSSR count). The molecule has 8 heteroatoms. The molecule has 1 aliphatic heterocycles. The van der Waals surface area contributed by atoms with Crippen LogP contribution < -0.4 is 0 Å². The van der Waals surface area contributed by atoms with Crippen molar-refractivity contribution in [3.8, 4) is 5.75 Å². The molecule has 1 aliphatic rings. The molecule has 2 heterocycles. The third-order valence-corrected chi connectivity index (χ3v) is 6.87. The van der Waals surface area contributed by atoms with Crippen LogP contribution in [0.2, 0.25) is 20.1 Å². The summed E-state index contributed by atoms with van der Waals surface area (Å²) >= 11 is 25.7. The molecular formula is C17H7Cl4NO2S. The number of fused-ring (bicyclic) bond motifs is 2. The molecule has 3 aromatic rings. The average Bonchev–Trinajstić information content (AvgIpc) is 3.08. The van der Waals surface area contributed by atoms with Gasteiger partial charge in [-0.15, -0.1) is 11.3 Å². The molecule has 0 amide bonds. The van der Waals surface area contributed by atoms with E-state index < -0.39 is 0 Å². The van der Waals surface area contributed by atoms with E-state index in [1.807, 2.05) is 0 Å². The highest BCUT2D eigenvalue weighted by molar-refractivity contribution is 7.23. The van der Waals surface area contributed by atoms with Gasteiger partial charge in [0.05, 0.1) is 35.9 Å². The molecule has 0 bridgehead atoms. The number of rotatable bonds is 1. The standard InChI is InChI=1S/C17H7Cl4NO2S/c1-5-8(19)4-9(20)16-10(5)15(24)17(25-16)13-14(23)6-2-3-7(18)11(21)12(6)22-13/h2-4,24H,1H3.